The molecule has 2 aromatic rings. The van der Waals surface area contributed by atoms with Crippen molar-refractivity contribution in [1.29, 1.82) is 0 Å². The van der Waals surface area contributed by atoms with Crippen LogP contribution in [0.15, 0.2) is 34.9 Å². The van der Waals surface area contributed by atoms with Crippen molar-refractivity contribution in [3.05, 3.63) is 36.2 Å². The maximum atomic E-state index is 12.1. The normalized spacial score (nSPS) is 21.0. The van der Waals surface area contributed by atoms with Crippen LogP contribution in [-0.4, -0.2) is 28.3 Å². The predicted octanol–water partition coefficient (Wildman–Crippen LogP) is 3.08. The van der Waals surface area contributed by atoms with E-state index in [1.165, 1.54) is 0 Å². The number of nitrogens with zero attached hydrogens (tertiary/aromatic N) is 1. The van der Waals surface area contributed by atoms with Crippen molar-refractivity contribution in [2.45, 2.75) is 44.8 Å². The molecule has 0 unspecified atom stereocenters. The van der Waals surface area contributed by atoms with Crippen LogP contribution < -0.4 is 10.6 Å². The first-order valence-electron chi connectivity index (χ1n) is 7.88. The summed E-state index contributed by atoms with van der Waals surface area (Å²) in [6, 6.07) is 7.28. The van der Waals surface area contributed by atoms with Gasteiger partial charge in [0.2, 0.25) is 5.89 Å². The highest BCUT2D eigenvalue weighted by Crippen LogP contribution is 2.22. The lowest BCUT2D eigenvalue weighted by atomic mass is 9.93. The number of nitrogens with one attached hydrogen (secondary N) is 2. The molecule has 1 aliphatic rings. The van der Waals surface area contributed by atoms with E-state index in [9.17, 15) is 9.90 Å². The zero-order valence-electron chi connectivity index (χ0n) is 13.1. The van der Waals surface area contributed by atoms with Crippen molar-refractivity contribution >= 4 is 11.7 Å². The van der Waals surface area contributed by atoms with Crippen molar-refractivity contribution in [3.8, 4) is 11.5 Å². The highest BCUT2D eigenvalue weighted by molar-refractivity contribution is 5.90. The van der Waals surface area contributed by atoms with Crippen LogP contribution in [0.25, 0.3) is 11.5 Å². The molecular formula is C17H21N3O3. The van der Waals surface area contributed by atoms with E-state index in [-0.39, 0.29) is 18.2 Å². The lowest BCUT2D eigenvalue weighted by molar-refractivity contribution is 0.118. The molecule has 1 aromatic carbocycles. The van der Waals surface area contributed by atoms with Gasteiger partial charge in [-0.15, -0.1) is 0 Å². The number of urea groups is 1. The Hall–Kier alpha value is -2.34. The van der Waals surface area contributed by atoms with Crippen LogP contribution in [-0.2, 0) is 0 Å². The van der Waals surface area contributed by atoms with Crippen molar-refractivity contribution < 1.29 is 14.3 Å². The molecule has 1 saturated carbocycles. The number of aliphatic hydroxyl groups is 1. The molecular weight excluding hydrogens is 294 g/mol. The first-order valence-corrected chi connectivity index (χ1v) is 7.88. The van der Waals surface area contributed by atoms with Gasteiger partial charge in [-0.05, 0) is 50.8 Å². The summed E-state index contributed by atoms with van der Waals surface area (Å²) in [6.45, 7) is 1.86. The molecule has 0 bridgehead atoms. The number of hydrogen-bond donors (Lipinski definition) is 3. The molecule has 6 nitrogen and oxygen atoms in total. The third-order valence-electron chi connectivity index (χ3n) is 4.02. The third-order valence-corrected chi connectivity index (χ3v) is 4.02. The number of benzene rings is 1. The van der Waals surface area contributed by atoms with Gasteiger partial charge in [-0.3, -0.25) is 0 Å². The molecule has 122 valence electrons. The molecule has 3 N–H and O–H groups in total. The molecule has 0 atom stereocenters. The fourth-order valence-corrected chi connectivity index (χ4v) is 2.79. The smallest absolute Gasteiger partial charge is 0.319 e. The molecule has 0 aliphatic heterocycles. The van der Waals surface area contributed by atoms with E-state index in [2.05, 4.69) is 15.6 Å². The number of hydrogen-bond acceptors (Lipinski definition) is 4. The molecule has 0 radical (unpaired) electrons. The van der Waals surface area contributed by atoms with E-state index in [4.69, 9.17) is 4.42 Å². The molecule has 1 aliphatic carbocycles. The Morgan fingerprint density at radius 3 is 2.78 bits per heavy atom. The molecule has 2 amide bonds. The molecule has 23 heavy (non-hydrogen) atoms. The summed E-state index contributed by atoms with van der Waals surface area (Å²) < 4.78 is 5.38. The third kappa shape index (κ3) is 4.10. The number of amides is 2. The Balaban J connectivity index is 1.60. The van der Waals surface area contributed by atoms with Crippen LogP contribution in [0, 0.1) is 6.92 Å². The Morgan fingerprint density at radius 2 is 2.09 bits per heavy atom. The minimum Gasteiger partial charge on any atom is -0.444 e. The summed E-state index contributed by atoms with van der Waals surface area (Å²) in [5, 5.41) is 15.3. The number of oxazole rings is 1. The average molecular weight is 315 g/mol. The van der Waals surface area contributed by atoms with Crippen molar-refractivity contribution in [2.75, 3.05) is 5.32 Å². The first kappa shape index (κ1) is 15.6. The summed E-state index contributed by atoms with van der Waals surface area (Å²) in [5.41, 5.74) is 2.32. The number of aliphatic hydroxyl groups excluding tert-OH is 1. The number of anilines is 1. The van der Waals surface area contributed by atoms with Gasteiger partial charge in [-0.1, -0.05) is 6.07 Å². The van der Waals surface area contributed by atoms with Gasteiger partial charge in [0.1, 0.15) is 6.26 Å². The van der Waals surface area contributed by atoms with Crippen LogP contribution in [0.4, 0.5) is 10.5 Å². The number of carbonyl (C=O) groups is 1. The molecule has 1 fully saturated rings. The topological polar surface area (TPSA) is 87.4 Å². The van der Waals surface area contributed by atoms with Crippen LogP contribution >= 0.6 is 0 Å². The second kappa shape index (κ2) is 6.83. The molecule has 1 aromatic heterocycles. The van der Waals surface area contributed by atoms with Crippen LogP contribution in [0.1, 0.15) is 31.4 Å². The van der Waals surface area contributed by atoms with E-state index in [1.54, 1.807) is 6.26 Å². The average Bonchev–Trinajstić information content (AvgIpc) is 2.96. The molecule has 6 heteroatoms. The summed E-state index contributed by atoms with van der Waals surface area (Å²) in [4.78, 5) is 16.4. The van der Waals surface area contributed by atoms with Gasteiger partial charge in [-0.2, -0.15) is 0 Å². The standard InChI is InChI=1S/C17H21N3O3/c1-11-10-23-16(18-11)12-3-2-4-14(9-12)20-17(22)19-13-5-7-15(21)8-6-13/h2-4,9-10,13,15,21H,5-8H2,1H3,(H2,19,20,22). The van der Waals surface area contributed by atoms with Crippen LogP contribution in [0.2, 0.25) is 0 Å². The quantitative estimate of drug-likeness (QED) is 0.812. The van der Waals surface area contributed by atoms with E-state index in [0.717, 1.165) is 36.9 Å². The Kier molecular flexibility index (Phi) is 4.62. The number of aryl methyl sites for hydroxylation is 1. The number of aromatic nitrogens is 1. The first-order chi connectivity index (χ1) is 11.1. The fourth-order valence-electron chi connectivity index (χ4n) is 2.79. The van der Waals surface area contributed by atoms with Crippen LogP contribution in [0.5, 0.6) is 0 Å². The summed E-state index contributed by atoms with van der Waals surface area (Å²) in [5.74, 6) is 0.535. The lowest BCUT2D eigenvalue weighted by Gasteiger charge is -2.26. The van der Waals surface area contributed by atoms with Crippen molar-refractivity contribution in [1.82, 2.24) is 10.3 Å². The van der Waals surface area contributed by atoms with Gasteiger partial charge in [0.05, 0.1) is 11.8 Å². The summed E-state index contributed by atoms with van der Waals surface area (Å²) >= 11 is 0. The minimum atomic E-state index is -0.230. The second-order valence-electron chi connectivity index (χ2n) is 5.98. The summed E-state index contributed by atoms with van der Waals surface area (Å²) in [6.07, 6.45) is 4.47. The maximum Gasteiger partial charge on any atom is 0.319 e. The van der Waals surface area contributed by atoms with Crippen molar-refractivity contribution in [2.24, 2.45) is 0 Å². The second-order valence-corrected chi connectivity index (χ2v) is 5.98. The highest BCUT2D eigenvalue weighted by atomic mass is 16.3. The Bertz CT molecular complexity index is 675. The Labute approximate surface area is 134 Å². The SMILES string of the molecule is Cc1coc(-c2cccc(NC(=O)NC3CCC(O)CC3)c2)n1. The van der Waals surface area contributed by atoms with Crippen molar-refractivity contribution in [3.63, 3.8) is 0 Å². The summed E-state index contributed by atoms with van der Waals surface area (Å²) in [7, 11) is 0. The van der Waals surface area contributed by atoms with E-state index >= 15 is 0 Å². The number of rotatable bonds is 3. The maximum absolute atomic E-state index is 12.1. The fraction of sp³-hybridized carbons (Fsp3) is 0.412. The van der Waals surface area contributed by atoms with Gasteiger partial charge in [0.15, 0.2) is 0 Å². The van der Waals surface area contributed by atoms with Gasteiger partial charge >= 0.3 is 6.03 Å². The highest BCUT2D eigenvalue weighted by Gasteiger charge is 2.20. The Morgan fingerprint density at radius 1 is 1.30 bits per heavy atom. The van der Waals surface area contributed by atoms with E-state index < -0.39 is 0 Å². The van der Waals surface area contributed by atoms with Gasteiger partial charge in [0.25, 0.3) is 0 Å². The van der Waals surface area contributed by atoms with Gasteiger partial charge in [-0.25, -0.2) is 9.78 Å². The molecule has 3 rings (SSSR count). The van der Waals surface area contributed by atoms with E-state index in [0.29, 0.717) is 11.6 Å². The molecule has 0 saturated heterocycles. The lowest BCUT2D eigenvalue weighted by Crippen LogP contribution is -2.40. The van der Waals surface area contributed by atoms with E-state index in [1.807, 2.05) is 31.2 Å². The number of carbonyl (C=O) groups excluding carboxylic acids is 1. The van der Waals surface area contributed by atoms with Gasteiger partial charge in [0, 0.05) is 17.3 Å². The zero-order chi connectivity index (χ0) is 16.2. The molecule has 0 spiro atoms. The minimum absolute atomic E-state index is 0.121. The molecule has 1 heterocycles. The monoisotopic (exact) mass is 315 g/mol. The largest absolute Gasteiger partial charge is 0.444 e. The van der Waals surface area contributed by atoms with Crippen LogP contribution in [0.3, 0.4) is 0 Å². The zero-order valence-corrected chi connectivity index (χ0v) is 13.1. The predicted molar refractivity (Wildman–Crippen MR) is 87.1 cm³/mol. The van der Waals surface area contributed by atoms with Gasteiger partial charge < -0.3 is 20.2 Å².